The van der Waals surface area contributed by atoms with E-state index in [9.17, 15) is 4.79 Å². The van der Waals surface area contributed by atoms with E-state index >= 15 is 0 Å². The standard InChI is InChI=1S/C28H32ClN3O/c1-18-10-11-24(19(2)12-18)32-25(13-23(30-32)21-8-6-7-9-22(21)29)26(33)31-17-28(5)15-20(31)14-27(3,4)16-28/h6-13,20H,14-17H2,1-5H3. The molecular weight excluding hydrogens is 430 g/mol. The number of rotatable bonds is 3. The molecule has 0 N–H and O–H groups in total. The van der Waals surface area contributed by atoms with Crippen LogP contribution in [0.15, 0.2) is 48.5 Å². The van der Waals surface area contributed by atoms with Crippen LogP contribution in [0, 0.1) is 24.7 Å². The zero-order valence-electron chi connectivity index (χ0n) is 20.2. The number of hydrogen-bond donors (Lipinski definition) is 0. The molecule has 0 radical (unpaired) electrons. The van der Waals surface area contributed by atoms with Crippen molar-refractivity contribution in [1.82, 2.24) is 14.7 Å². The average molecular weight is 462 g/mol. The van der Waals surface area contributed by atoms with Gasteiger partial charge < -0.3 is 4.90 Å². The molecular formula is C28H32ClN3O. The number of benzene rings is 2. The summed E-state index contributed by atoms with van der Waals surface area (Å²) in [5.41, 5.74) is 5.79. The van der Waals surface area contributed by atoms with Crippen LogP contribution in [0.1, 0.15) is 61.6 Å². The lowest BCUT2D eigenvalue weighted by Gasteiger charge is -2.39. The Morgan fingerprint density at radius 3 is 2.55 bits per heavy atom. The predicted molar refractivity (Wildman–Crippen MR) is 134 cm³/mol. The minimum absolute atomic E-state index is 0.0622. The minimum atomic E-state index is 0.0622. The lowest BCUT2D eigenvalue weighted by molar-refractivity contribution is 0.0699. The highest BCUT2D eigenvalue weighted by atomic mass is 35.5. The third-order valence-electron chi connectivity index (χ3n) is 7.33. The smallest absolute Gasteiger partial charge is 0.272 e. The SMILES string of the molecule is Cc1ccc(-n2nc(-c3ccccc3Cl)cc2C(=O)N2CC3(C)CC2CC(C)(C)C3)c(C)c1. The molecule has 5 heteroatoms. The number of aromatic nitrogens is 2. The molecule has 172 valence electrons. The van der Waals surface area contributed by atoms with Crippen molar-refractivity contribution in [2.45, 2.75) is 59.9 Å². The van der Waals surface area contributed by atoms with Crippen LogP contribution in [0.4, 0.5) is 0 Å². The molecule has 2 heterocycles. The first-order chi connectivity index (χ1) is 15.6. The molecule has 0 spiro atoms. The summed E-state index contributed by atoms with van der Waals surface area (Å²) >= 11 is 6.50. The number of fused-ring (bicyclic) bond motifs is 2. The number of hydrogen-bond acceptors (Lipinski definition) is 2. The Bertz CT molecular complexity index is 1240. The van der Waals surface area contributed by atoms with Crippen molar-refractivity contribution in [1.29, 1.82) is 0 Å². The second-order valence-electron chi connectivity index (χ2n) is 11.2. The molecule has 1 saturated heterocycles. The predicted octanol–water partition coefficient (Wildman–Crippen LogP) is 6.85. The molecule has 1 aliphatic heterocycles. The van der Waals surface area contributed by atoms with Crippen molar-refractivity contribution in [3.63, 3.8) is 0 Å². The van der Waals surface area contributed by atoms with E-state index in [1.54, 1.807) is 0 Å². The van der Waals surface area contributed by atoms with Gasteiger partial charge in [0.15, 0.2) is 0 Å². The maximum Gasteiger partial charge on any atom is 0.272 e. The Balaban J connectivity index is 1.62. The van der Waals surface area contributed by atoms with E-state index in [1.807, 2.05) is 35.0 Å². The highest BCUT2D eigenvalue weighted by Gasteiger charge is 2.51. The quantitative estimate of drug-likeness (QED) is 0.427. The molecule has 33 heavy (non-hydrogen) atoms. The fourth-order valence-corrected chi connectivity index (χ4v) is 6.64. The first-order valence-electron chi connectivity index (χ1n) is 11.8. The molecule has 2 aromatic carbocycles. The molecule has 2 fully saturated rings. The van der Waals surface area contributed by atoms with Gasteiger partial charge in [-0.1, -0.05) is 68.3 Å². The normalized spacial score (nSPS) is 23.7. The Labute approximate surface area is 201 Å². The Morgan fingerprint density at radius 1 is 1.06 bits per heavy atom. The van der Waals surface area contributed by atoms with Crippen LogP contribution < -0.4 is 0 Å². The molecule has 4 nitrogen and oxygen atoms in total. The highest BCUT2D eigenvalue weighted by molar-refractivity contribution is 6.33. The first-order valence-corrected chi connectivity index (χ1v) is 12.2. The second kappa shape index (κ2) is 7.73. The molecule has 1 aliphatic carbocycles. The van der Waals surface area contributed by atoms with Crippen LogP contribution in [0.2, 0.25) is 5.02 Å². The van der Waals surface area contributed by atoms with E-state index in [0.717, 1.165) is 48.3 Å². The van der Waals surface area contributed by atoms with Gasteiger partial charge in [-0.2, -0.15) is 5.10 Å². The van der Waals surface area contributed by atoms with Crippen LogP contribution in [0.5, 0.6) is 0 Å². The maximum atomic E-state index is 14.1. The molecule has 5 rings (SSSR count). The summed E-state index contributed by atoms with van der Waals surface area (Å²) in [6, 6.07) is 16.1. The number of amides is 1. The minimum Gasteiger partial charge on any atom is -0.334 e. The monoisotopic (exact) mass is 461 g/mol. The summed E-state index contributed by atoms with van der Waals surface area (Å²) in [6.45, 7) is 12.0. The zero-order chi connectivity index (χ0) is 23.5. The van der Waals surface area contributed by atoms with Gasteiger partial charge in [0, 0.05) is 18.2 Å². The zero-order valence-corrected chi connectivity index (χ0v) is 20.9. The molecule has 3 aromatic rings. The number of nitrogens with zero attached hydrogens (tertiary/aromatic N) is 3. The van der Waals surface area contributed by atoms with Crippen molar-refractivity contribution in [2.75, 3.05) is 6.54 Å². The summed E-state index contributed by atoms with van der Waals surface area (Å²) in [7, 11) is 0. The van der Waals surface area contributed by atoms with Crippen LogP contribution in [-0.2, 0) is 0 Å². The van der Waals surface area contributed by atoms with Gasteiger partial charge in [0.25, 0.3) is 5.91 Å². The van der Waals surface area contributed by atoms with Gasteiger partial charge >= 0.3 is 0 Å². The largest absolute Gasteiger partial charge is 0.334 e. The molecule has 1 amide bonds. The van der Waals surface area contributed by atoms with Crippen LogP contribution in [0.25, 0.3) is 16.9 Å². The molecule has 1 saturated carbocycles. The lowest BCUT2D eigenvalue weighted by atomic mass is 9.65. The first kappa shape index (κ1) is 22.2. The van der Waals surface area contributed by atoms with E-state index in [2.05, 4.69) is 57.7 Å². The molecule has 2 unspecified atom stereocenters. The maximum absolute atomic E-state index is 14.1. The number of carbonyl (C=O) groups is 1. The van der Waals surface area contributed by atoms with Crippen molar-refractivity contribution in [3.8, 4) is 16.9 Å². The van der Waals surface area contributed by atoms with E-state index in [0.29, 0.717) is 10.7 Å². The van der Waals surface area contributed by atoms with Gasteiger partial charge in [0.2, 0.25) is 0 Å². The van der Waals surface area contributed by atoms with E-state index in [1.165, 1.54) is 5.56 Å². The van der Waals surface area contributed by atoms with Gasteiger partial charge in [0.05, 0.1) is 16.4 Å². The van der Waals surface area contributed by atoms with Gasteiger partial charge in [-0.05, 0) is 67.7 Å². The Kier molecular flexibility index (Phi) is 5.20. The van der Waals surface area contributed by atoms with E-state index < -0.39 is 0 Å². The molecule has 2 atom stereocenters. The van der Waals surface area contributed by atoms with Crippen molar-refractivity contribution in [3.05, 3.63) is 70.4 Å². The number of carbonyl (C=O) groups excluding carboxylic acids is 1. The molecule has 2 bridgehead atoms. The summed E-state index contributed by atoms with van der Waals surface area (Å²) in [4.78, 5) is 16.2. The van der Waals surface area contributed by atoms with Gasteiger partial charge in [0.1, 0.15) is 5.69 Å². The van der Waals surface area contributed by atoms with Crippen LogP contribution in [0.3, 0.4) is 0 Å². The van der Waals surface area contributed by atoms with Crippen LogP contribution >= 0.6 is 11.6 Å². The van der Waals surface area contributed by atoms with Gasteiger partial charge in [-0.25, -0.2) is 4.68 Å². The van der Waals surface area contributed by atoms with Crippen molar-refractivity contribution >= 4 is 17.5 Å². The fraction of sp³-hybridized carbons (Fsp3) is 0.429. The number of aryl methyl sites for hydroxylation is 2. The third-order valence-corrected chi connectivity index (χ3v) is 7.66. The van der Waals surface area contributed by atoms with Gasteiger partial charge in [-0.15, -0.1) is 0 Å². The average Bonchev–Trinajstić information content (AvgIpc) is 3.25. The summed E-state index contributed by atoms with van der Waals surface area (Å²) < 4.78 is 1.82. The summed E-state index contributed by atoms with van der Waals surface area (Å²) in [5, 5.41) is 5.54. The number of likely N-dealkylation sites (tertiary alicyclic amines) is 1. The molecule has 1 aromatic heterocycles. The Hall–Kier alpha value is -2.59. The fourth-order valence-electron chi connectivity index (χ4n) is 6.41. The summed E-state index contributed by atoms with van der Waals surface area (Å²) in [6.07, 6.45) is 3.28. The number of halogens is 1. The van der Waals surface area contributed by atoms with Gasteiger partial charge in [-0.3, -0.25) is 4.79 Å². The van der Waals surface area contributed by atoms with E-state index in [-0.39, 0.29) is 22.8 Å². The third kappa shape index (κ3) is 3.99. The second-order valence-corrected chi connectivity index (χ2v) is 11.7. The van der Waals surface area contributed by atoms with Crippen molar-refractivity contribution < 1.29 is 4.79 Å². The molecule has 2 aliphatic rings. The topological polar surface area (TPSA) is 38.1 Å². The summed E-state index contributed by atoms with van der Waals surface area (Å²) in [5.74, 6) is 0.0622. The van der Waals surface area contributed by atoms with Crippen LogP contribution in [-0.4, -0.2) is 33.2 Å². The lowest BCUT2D eigenvalue weighted by Crippen LogP contribution is -2.38. The highest BCUT2D eigenvalue weighted by Crippen LogP contribution is 2.52. The van der Waals surface area contributed by atoms with Crippen molar-refractivity contribution in [2.24, 2.45) is 10.8 Å². The Morgan fingerprint density at radius 2 is 1.82 bits per heavy atom. The van der Waals surface area contributed by atoms with E-state index in [4.69, 9.17) is 16.7 Å².